The monoisotopic (exact) mass is 235 g/mol. The van der Waals surface area contributed by atoms with Crippen molar-refractivity contribution in [1.29, 1.82) is 0 Å². The van der Waals surface area contributed by atoms with Gasteiger partial charge < -0.3 is 13.3 Å². The number of nitrogens with two attached hydrogens (primary N) is 1. The highest BCUT2D eigenvalue weighted by Gasteiger charge is 2.37. The Labute approximate surface area is 94.5 Å². The third-order valence-corrected chi connectivity index (χ3v) is 4.33. The van der Waals surface area contributed by atoms with Gasteiger partial charge in [-0.1, -0.05) is 20.8 Å². The van der Waals surface area contributed by atoms with Crippen LogP contribution in [-0.4, -0.2) is 28.8 Å². The summed E-state index contributed by atoms with van der Waals surface area (Å²) < 4.78 is 16.4. The molecule has 0 aromatic carbocycles. The fourth-order valence-electron chi connectivity index (χ4n) is 0.967. The molecule has 0 radical (unpaired) electrons. The van der Waals surface area contributed by atoms with Gasteiger partial charge in [0.05, 0.1) is 0 Å². The first-order chi connectivity index (χ1) is 6.95. The SMILES string of the molecule is CCO[Si](N)(OCC)OCC(C)C(C)C. The molecule has 15 heavy (non-hydrogen) atoms. The first-order valence-electron chi connectivity index (χ1n) is 5.65. The molecular formula is C10H25NO3Si. The zero-order valence-corrected chi connectivity index (χ0v) is 11.6. The van der Waals surface area contributed by atoms with Gasteiger partial charge in [0, 0.05) is 19.8 Å². The average molecular weight is 235 g/mol. The number of hydrogen-bond donors (Lipinski definition) is 1. The summed E-state index contributed by atoms with van der Waals surface area (Å²) in [7, 11) is -2.86. The maximum absolute atomic E-state index is 5.94. The molecule has 0 aromatic heterocycles. The predicted molar refractivity (Wildman–Crippen MR) is 63.1 cm³/mol. The van der Waals surface area contributed by atoms with Crippen molar-refractivity contribution in [3.8, 4) is 0 Å². The van der Waals surface area contributed by atoms with Crippen LogP contribution in [-0.2, 0) is 13.3 Å². The van der Waals surface area contributed by atoms with Crippen LogP contribution in [0.4, 0.5) is 0 Å². The zero-order valence-electron chi connectivity index (χ0n) is 10.6. The van der Waals surface area contributed by atoms with Crippen molar-refractivity contribution in [2.45, 2.75) is 34.6 Å². The molecule has 0 aliphatic carbocycles. The van der Waals surface area contributed by atoms with E-state index < -0.39 is 8.97 Å². The van der Waals surface area contributed by atoms with Crippen molar-refractivity contribution in [2.75, 3.05) is 19.8 Å². The van der Waals surface area contributed by atoms with Gasteiger partial charge in [-0.15, -0.1) is 0 Å². The third-order valence-electron chi connectivity index (χ3n) is 2.38. The molecule has 0 amide bonds. The molecule has 5 heteroatoms. The highest BCUT2D eigenvalue weighted by molar-refractivity contribution is 6.56. The summed E-state index contributed by atoms with van der Waals surface area (Å²) in [5.41, 5.74) is 0. The van der Waals surface area contributed by atoms with E-state index in [-0.39, 0.29) is 0 Å². The van der Waals surface area contributed by atoms with Crippen LogP contribution in [0.5, 0.6) is 0 Å². The van der Waals surface area contributed by atoms with E-state index in [0.717, 1.165) is 0 Å². The van der Waals surface area contributed by atoms with Crippen LogP contribution in [0.25, 0.3) is 0 Å². The second-order valence-electron chi connectivity index (χ2n) is 4.00. The summed E-state index contributed by atoms with van der Waals surface area (Å²) in [6.45, 7) is 11.9. The maximum atomic E-state index is 5.94. The molecule has 0 aliphatic heterocycles. The lowest BCUT2D eigenvalue weighted by atomic mass is 10.00. The van der Waals surface area contributed by atoms with Gasteiger partial charge in [0.1, 0.15) is 0 Å². The standard InChI is InChI=1S/C10H25NO3Si/c1-6-12-15(11,13-7-2)14-8-10(5)9(3)4/h9-10H,6-8,11H2,1-5H3. The van der Waals surface area contributed by atoms with Crippen molar-refractivity contribution in [3.63, 3.8) is 0 Å². The van der Waals surface area contributed by atoms with Gasteiger partial charge >= 0.3 is 8.97 Å². The molecule has 0 heterocycles. The average Bonchev–Trinajstić information content (AvgIpc) is 2.15. The van der Waals surface area contributed by atoms with E-state index in [1.54, 1.807) is 0 Å². The normalized spacial score (nSPS) is 14.6. The van der Waals surface area contributed by atoms with Crippen molar-refractivity contribution in [2.24, 2.45) is 17.2 Å². The van der Waals surface area contributed by atoms with Gasteiger partial charge in [-0.3, -0.25) is 5.40 Å². The minimum absolute atomic E-state index is 0.460. The van der Waals surface area contributed by atoms with E-state index in [2.05, 4.69) is 20.8 Å². The lowest BCUT2D eigenvalue weighted by Gasteiger charge is -2.26. The summed E-state index contributed by atoms with van der Waals surface area (Å²) in [5.74, 6) is 1.04. The minimum atomic E-state index is -2.86. The fraction of sp³-hybridized carbons (Fsp3) is 1.00. The van der Waals surface area contributed by atoms with Gasteiger partial charge in [-0.25, -0.2) is 0 Å². The van der Waals surface area contributed by atoms with Crippen molar-refractivity contribution in [3.05, 3.63) is 0 Å². The van der Waals surface area contributed by atoms with E-state index >= 15 is 0 Å². The summed E-state index contributed by atoms with van der Waals surface area (Å²) >= 11 is 0. The Kier molecular flexibility index (Phi) is 7.38. The molecule has 4 nitrogen and oxygen atoms in total. The van der Waals surface area contributed by atoms with Crippen LogP contribution in [0.2, 0.25) is 0 Å². The Morgan fingerprint density at radius 2 is 1.47 bits per heavy atom. The van der Waals surface area contributed by atoms with Crippen LogP contribution in [0.3, 0.4) is 0 Å². The van der Waals surface area contributed by atoms with E-state index in [4.69, 9.17) is 18.7 Å². The van der Waals surface area contributed by atoms with Crippen LogP contribution < -0.4 is 5.40 Å². The van der Waals surface area contributed by atoms with Gasteiger partial charge in [0.2, 0.25) is 0 Å². The quantitative estimate of drug-likeness (QED) is 0.651. The molecule has 92 valence electrons. The first-order valence-corrected chi connectivity index (χ1v) is 7.46. The topological polar surface area (TPSA) is 53.7 Å². The van der Waals surface area contributed by atoms with Gasteiger partial charge in [-0.05, 0) is 25.7 Å². The Morgan fingerprint density at radius 1 is 1.00 bits per heavy atom. The van der Waals surface area contributed by atoms with Crippen LogP contribution in [0.15, 0.2) is 0 Å². The molecule has 0 aliphatic rings. The Hall–Kier alpha value is 0.0569. The van der Waals surface area contributed by atoms with E-state index in [9.17, 15) is 0 Å². The first kappa shape index (κ1) is 15.1. The molecule has 0 saturated heterocycles. The smallest absolute Gasteiger partial charge is 0.362 e. The molecule has 1 atom stereocenters. The highest BCUT2D eigenvalue weighted by atomic mass is 28.4. The molecule has 0 rings (SSSR count). The lowest BCUT2D eigenvalue weighted by molar-refractivity contribution is 0.0519. The van der Waals surface area contributed by atoms with Crippen molar-refractivity contribution in [1.82, 2.24) is 0 Å². The molecule has 0 saturated carbocycles. The second-order valence-corrected chi connectivity index (χ2v) is 6.08. The van der Waals surface area contributed by atoms with Crippen molar-refractivity contribution >= 4 is 8.97 Å². The number of hydrogen-bond acceptors (Lipinski definition) is 4. The molecule has 0 spiro atoms. The summed E-state index contributed by atoms with van der Waals surface area (Å²) in [5, 5.41) is 5.94. The summed E-state index contributed by atoms with van der Waals surface area (Å²) in [6.07, 6.45) is 0. The minimum Gasteiger partial charge on any atom is -0.362 e. The van der Waals surface area contributed by atoms with Gasteiger partial charge in [-0.2, -0.15) is 0 Å². The van der Waals surface area contributed by atoms with Crippen molar-refractivity contribution < 1.29 is 13.3 Å². The highest BCUT2D eigenvalue weighted by Crippen LogP contribution is 2.12. The van der Waals surface area contributed by atoms with Gasteiger partial charge in [0.25, 0.3) is 0 Å². The fourth-order valence-corrected chi connectivity index (χ4v) is 2.52. The van der Waals surface area contributed by atoms with E-state index in [1.807, 2.05) is 13.8 Å². The summed E-state index contributed by atoms with van der Waals surface area (Å²) in [4.78, 5) is 0. The molecule has 0 aromatic rings. The van der Waals surface area contributed by atoms with Crippen LogP contribution in [0.1, 0.15) is 34.6 Å². The molecule has 0 fully saturated rings. The molecule has 1 unspecified atom stereocenters. The lowest BCUT2D eigenvalue weighted by Crippen LogP contribution is -2.56. The predicted octanol–water partition coefficient (Wildman–Crippen LogP) is 1.76. The molecule has 2 N–H and O–H groups in total. The third kappa shape index (κ3) is 6.27. The zero-order chi connectivity index (χ0) is 11.9. The molecular weight excluding hydrogens is 210 g/mol. The van der Waals surface area contributed by atoms with Crippen LogP contribution >= 0.6 is 0 Å². The largest absolute Gasteiger partial charge is 0.594 e. The Morgan fingerprint density at radius 3 is 1.80 bits per heavy atom. The number of rotatable bonds is 8. The molecule has 0 bridgehead atoms. The summed E-state index contributed by atoms with van der Waals surface area (Å²) in [6, 6.07) is 0. The Bertz CT molecular complexity index is 161. The van der Waals surface area contributed by atoms with Crippen LogP contribution in [0, 0.1) is 11.8 Å². The van der Waals surface area contributed by atoms with E-state index in [1.165, 1.54) is 0 Å². The Balaban J connectivity index is 4.05. The van der Waals surface area contributed by atoms with E-state index in [0.29, 0.717) is 31.7 Å². The second kappa shape index (κ2) is 7.35. The van der Waals surface area contributed by atoms with Gasteiger partial charge in [0.15, 0.2) is 0 Å². The maximum Gasteiger partial charge on any atom is 0.594 e.